The summed E-state index contributed by atoms with van der Waals surface area (Å²) in [5, 5.41) is 3.59. The molecule has 1 amide bonds. The average Bonchev–Trinajstić information content (AvgIpc) is 2.75. The number of carbonyl (C=O) groups is 2. The number of fused-ring (bicyclic) bond motifs is 1. The molecular formula is C18H16N2O4. The maximum Gasteiger partial charge on any atom is 0.337 e. The van der Waals surface area contributed by atoms with Gasteiger partial charge in [0.05, 0.1) is 11.3 Å². The molecule has 0 fully saturated rings. The van der Waals surface area contributed by atoms with E-state index in [0.29, 0.717) is 16.8 Å². The van der Waals surface area contributed by atoms with Crippen LogP contribution in [-0.4, -0.2) is 22.5 Å². The zero-order chi connectivity index (χ0) is 17.1. The number of rotatable bonds is 1. The Balaban J connectivity index is 1.94. The highest BCUT2D eigenvalue weighted by molar-refractivity contribution is 5.99. The van der Waals surface area contributed by atoms with Crippen LogP contribution in [0.2, 0.25) is 0 Å². The van der Waals surface area contributed by atoms with Gasteiger partial charge in [-0.3, -0.25) is 9.59 Å². The third-order valence-electron chi connectivity index (χ3n) is 4.60. The number of para-hydroxylation sites is 1. The largest absolute Gasteiger partial charge is 0.450 e. The number of carbonyl (C=O) groups excluding carboxylic acids is 2. The van der Waals surface area contributed by atoms with E-state index in [-0.39, 0.29) is 17.9 Å². The van der Waals surface area contributed by atoms with E-state index < -0.39 is 17.5 Å². The van der Waals surface area contributed by atoms with Gasteiger partial charge >= 0.3 is 5.97 Å². The summed E-state index contributed by atoms with van der Waals surface area (Å²) in [4.78, 5) is 39.8. The van der Waals surface area contributed by atoms with Crippen molar-refractivity contribution in [2.75, 3.05) is 0 Å². The molecule has 2 N–H and O–H groups in total. The van der Waals surface area contributed by atoms with Crippen LogP contribution < -0.4 is 10.9 Å². The number of nitrogens with one attached hydrogen (secondary N) is 2. The van der Waals surface area contributed by atoms with Crippen molar-refractivity contribution >= 4 is 22.8 Å². The molecular weight excluding hydrogens is 308 g/mol. The van der Waals surface area contributed by atoms with Gasteiger partial charge < -0.3 is 15.0 Å². The second-order valence-electron chi connectivity index (χ2n) is 6.63. The standard InChI is InChI=1S/C18H16N2O4/c1-18(2)15-14(17(23)24-18)10(8-13(21)20-15)11-7-9-5-3-4-6-12(9)19-16(11)22/h3-7,10H,8H2,1-2H3,(H,19,22)(H,20,21). The first-order chi connectivity index (χ1) is 11.4. The van der Waals surface area contributed by atoms with Crippen LogP contribution in [0.4, 0.5) is 0 Å². The topological polar surface area (TPSA) is 88.3 Å². The van der Waals surface area contributed by atoms with E-state index in [1.807, 2.05) is 24.3 Å². The molecule has 6 nitrogen and oxygen atoms in total. The molecule has 0 radical (unpaired) electrons. The highest BCUT2D eigenvalue weighted by Gasteiger charge is 2.48. The first kappa shape index (κ1) is 14.7. The summed E-state index contributed by atoms with van der Waals surface area (Å²) in [5.74, 6) is -1.30. The molecule has 4 rings (SSSR count). The van der Waals surface area contributed by atoms with Crippen LogP contribution in [0.1, 0.15) is 31.7 Å². The molecule has 6 heteroatoms. The van der Waals surface area contributed by atoms with Crippen molar-refractivity contribution in [3.05, 3.63) is 57.5 Å². The van der Waals surface area contributed by atoms with Crippen LogP contribution in [0.3, 0.4) is 0 Å². The number of pyridine rings is 1. The predicted octanol–water partition coefficient (Wildman–Crippen LogP) is 1.72. The van der Waals surface area contributed by atoms with Crippen molar-refractivity contribution in [2.24, 2.45) is 0 Å². The first-order valence-corrected chi connectivity index (χ1v) is 7.76. The molecule has 122 valence electrons. The molecule has 0 saturated heterocycles. The second-order valence-corrected chi connectivity index (χ2v) is 6.63. The number of ether oxygens (including phenoxy) is 1. The molecule has 2 aliphatic heterocycles. The van der Waals surface area contributed by atoms with Gasteiger partial charge in [-0.05, 0) is 31.4 Å². The molecule has 24 heavy (non-hydrogen) atoms. The zero-order valence-corrected chi connectivity index (χ0v) is 13.3. The van der Waals surface area contributed by atoms with Crippen LogP contribution in [0.15, 0.2) is 46.4 Å². The van der Waals surface area contributed by atoms with E-state index in [1.165, 1.54) is 0 Å². The fraction of sp³-hybridized carbons (Fsp3) is 0.278. The molecule has 2 aromatic rings. The molecule has 2 aliphatic rings. The summed E-state index contributed by atoms with van der Waals surface area (Å²) in [7, 11) is 0. The van der Waals surface area contributed by atoms with Crippen LogP contribution in [0.25, 0.3) is 10.9 Å². The van der Waals surface area contributed by atoms with E-state index in [4.69, 9.17) is 4.74 Å². The number of H-pyrrole nitrogens is 1. The van der Waals surface area contributed by atoms with Crippen molar-refractivity contribution in [1.29, 1.82) is 0 Å². The summed E-state index contributed by atoms with van der Waals surface area (Å²) < 4.78 is 5.38. The third kappa shape index (κ3) is 2.06. The van der Waals surface area contributed by atoms with E-state index in [2.05, 4.69) is 10.3 Å². The average molecular weight is 324 g/mol. The lowest BCUT2D eigenvalue weighted by molar-refractivity contribution is -0.144. The predicted molar refractivity (Wildman–Crippen MR) is 87.3 cm³/mol. The summed E-state index contributed by atoms with van der Waals surface area (Å²) in [6.45, 7) is 3.45. The van der Waals surface area contributed by atoms with Gasteiger partial charge in [-0.1, -0.05) is 18.2 Å². The fourth-order valence-corrected chi connectivity index (χ4v) is 3.46. The number of amides is 1. The Bertz CT molecular complexity index is 984. The van der Waals surface area contributed by atoms with Gasteiger partial charge in [0, 0.05) is 23.4 Å². The number of aromatic nitrogens is 1. The normalized spacial score (nSPS) is 22.3. The van der Waals surface area contributed by atoms with Crippen LogP contribution >= 0.6 is 0 Å². The molecule has 0 saturated carbocycles. The molecule has 1 aromatic carbocycles. The second kappa shape index (κ2) is 4.80. The van der Waals surface area contributed by atoms with Crippen molar-refractivity contribution < 1.29 is 14.3 Å². The van der Waals surface area contributed by atoms with E-state index in [9.17, 15) is 14.4 Å². The SMILES string of the molecule is CC1(C)OC(=O)C2=C1NC(=O)CC2c1cc2ccccc2[nH]c1=O. The van der Waals surface area contributed by atoms with Crippen LogP contribution in [0, 0.1) is 0 Å². The van der Waals surface area contributed by atoms with Crippen molar-refractivity contribution in [3.63, 3.8) is 0 Å². The smallest absolute Gasteiger partial charge is 0.337 e. The Morgan fingerprint density at radius 1 is 1.17 bits per heavy atom. The van der Waals surface area contributed by atoms with E-state index >= 15 is 0 Å². The number of hydrogen-bond acceptors (Lipinski definition) is 4. The van der Waals surface area contributed by atoms with Gasteiger partial charge in [-0.25, -0.2) is 4.79 Å². The molecule has 1 atom stereocenters. The summed E-state index contributed by atoms with van der Waals surface area (Å²) >= 11 is 0. The molecule has 1 unspecified atom stereocenters. The molecule has 0 bridgehead atoms. The summed E-state index contributed by atoms with van der Waals surface area (Å²) in [5.41, 5.74) is 0.768. The Hall–Kier alpha value is -2.89. The summed E-state index contributed by atoms with van der Waals surface area (Å²) in [6.07, 6.45) is 0.0471. The lowest BCUT2D eigenvalue weighted by Crippen LogP contribution is -2.39. The molecule has 1 aromatic heterocycles. The zero-order valence-electron chi connectivity index (χ0n) is 13.3. The molecule has 3 heterocycles. The maximum atomic E-state index is 12.5. The van der Waals surface area contributed by atoms with Gasteiger partial charge in [-0.15, -0.1) is 0 Å². The number of benzene rings is 1. The van der Waals surface area contributed by atoms with Gasteiger partial charge in [0.25, 0.3) is 5.56 Å². The maximum absolute atomic E-state index is 12.5. The monoisotopic (exact) mass is 324 g/mol. The van der Waals surface area contributed by atoms with Gasteiger partial charge in [0.1, 0.15) is 5.60 Å². The fourth-order valence-electron chi connectivity index (χ4n) is 3.46. The Kier molecular flexibility index (Phi) is 2.94. The first-order valence-electron chi connectivity index (χ1n) is 7.76. The van der Waals surface area contributed by atoms with Crippen molar-refractivity contribution in [3.8, 4) is 0 Å². The minimum Gasteiger partial charge on any atom is -0.450 e. The number of aromatic amines is 1. The van der Waals surface area contributed by atoms with E-state index in [0.717, 1.165) is 10.9 Å². The number of hydrogen-bond donors (Lipinski definition) is 2. The van der Waals surface area contributed by atoms with Crippen LogP contribution in [0.5, 0.6) is 0 Å². The lowest BCUT2D eigenvalue weighted by Gasteiger charge is -2.26. The van der Waals surface area contributed by atoms with Crippen LogP contribution in [-0.2, 0) is 14.3 Å². The van der Waals surface area contributed by atoms with Crippen molar-refractivity contribution in [1.82, 2.24) is 10.3 Å². The third-order valence-corrected chi connectivity index (χ3v) is 4.60. The Morgan fingerprint density at radius 2 is 1.92 bits per heavy atom. The Morgan fingerprint density at radius 3 is 2.71 bits per heavy atom. The Labute approximate surface area is 137 Å². The summed E-state index contributed by atoms with van der Waals surface area (Å²) in [6, 6.07) is 9.15. The highest BCUT2D eigenvalue weighted by Crippen LogP contribution is 2.42. The van der Waals surface area contributed by atoms with E-state index in [1.54, 1.807) is 19.9 Å². The van der Waals surface area contributed by atoms with Crippen molar-refractivity contribution in [2.45, 2.75) is 31.8 Å². The van der Waals surface area contributed by atoms with Gasteiger partial charge in [0.15, 0.2) is 0 Å². The number of cyclic esters (lactones) is 1. The molecule has 0 aliphatic carbocycles. The number of esters is 1. The minimum absolute atomic E-state index is 0.0471. The van der Waals surface area contributed by atoms with Gasteiger partial charge in [-0.2, -0.15) is 0 Å². The highest BCUT2D eigenvalue weighted by atomic mass is 16.6. The minimum atomic E-state index is -0.898. The molecule has 0 spiro atoms. The van der Waals surface area contributed by atoms with Gasteiger partial charge in [0.2, 0.25) is 5.91 Å². The quantitative estimate of drug-likeness (QED) is 0.782. The lowest BCUT2D eigenvalue weighted by atomic mass is 9.83.